The summed E-state index contributed by atoms with van der Waals surface area (Å²) >= 11 is 0. The van der Waals surface area contributed by atoms with E-state index < -0.39 is 0 Å². The number of aliphatic hydroxyl groups excluding tert-OH is 1. The molecule has 0 aromatic carbocycles. The number of likely N-dealkylation sites (N-methyl/N-ethyl adjacent to an activating group) is 1. The van der Waals surface area contributed by atoms with Crippen LogP contribution in [0.25, 0.3) is 0 Å². The molecule has 1 unspecified atom stereocenters. The van der Waals surface area contributed by atoms with Gasteiger partial charge >= 0.3 is 0 Å². The molecule has 19 heavy (non-hydrogen) atoms. The molecule has 0 bridgehead atoms. The fourth-order valence-electron chi connectivity index (χ4n) is 3.90. The van der Waals surface area contributed by atoms with Crippen molar-refractivity contribution in [3.8, 4) is 0 Å². The molecular weight excluding hydrogens is 236 g/mol. The second kappa shape index (κ2) is 6.55. The lowest BCUT2D eigenvalue weighted by atomic mass is 9.71. The number of hydrogen-bond acceptors (Lipinski definition) is 3. The van der Waals surface area contributed by atoms with Gasteiger partial charge in [0.1, 0.15) is 0 Å². The van der Waals surface area contributed by atoms with Crippen LogP contribution in [0.2, 0.25) is 0 Å². The highest BCUT2D eigenvalue weighted by Gasteiger charge is 2.36. The Morgan fingerprint density at radius 2 is 1.84 bits per heavy atom. The molecule has 0 amide bonds. The van der Waals surface area contributed by atoms with Gasteiger partial charge in [0.05, 0.1) is 0 Å². The molecule has 2 rings (SSSR count). The van der Waals surface area contributed by atoms with Crippen LogP contribution in [0.3, 0.4) is 0 Å². The van der Waals surface area contributed by atoms with Crippen LogP contribution in [0.1, 0.15) is 46.5 Å². The van der Waals surface area contributed by atoms with Crippen LogP contribution in [0, 0.1) is 11.3 Å². The first-order valence-electron chi connectivity index (χ1n) is 8.16. The number of piperazine rings is 1. The van der Waals surface area contributed by atoms with Gasteiger partial charge in [-0.05, 0) is 32.2 Å². The van der Waals surface area contributed by atoms with Gasteiger partial charge in [0.2, 0.25) is 0 Å². The summed E-state index contributed by atoms with van der Waals surface area (Å²) < 4.78 is 0. The highest BCUT2D eigenvalue weighted by atomic mass is 16.3. The molecule has 0 radical (unpaired) electrons. The van der Waals surface area contributed by atoms with E-state index in [-0.39, 0.29) is 5.41 Å². The fraction of sp³-hybridized carbons (Fsp3) is 1.00. The first-order valence-corrected chi connectivity index (χ1v) is 8.16. The Kier molecular flexibility index (Phi) is 5.27. The Morgan fingerprint density at radius 3 is 2.37 bits per heavy atom. The smallest absolute Gasteiger partial charge is 0.0499 e. The summed E-state index contributed by atoms with van der Waals surface area (Å²) in [4.78, 5) is 5.16. The minimum atomic E-state index is 0.195. The minimum Gasteiger partial charge on any atom is -0.396 e. The van der Waals surface area contributed by atoms with E-state index in [1.807, 2.05) is 0 Å². The molecule has 112 valence electrons. The van der Waals surface area contributed by atoms with E-state index in [4.69, 9.17) is 0 Å². The van der Waals surface area contributed by atoms with E-state index in [9.17, 15) is 5.11 Å². The molecule has 3 heteroatoms. The fourth-order valence-corrected chi connectivity index (χ4v) is 3.90. The second-order valence-corrected chi connectivity index (χ2v) is 7.05. The summed E-state index contributed by atoms with van der Waals surface area (Å²) in [6.45, 7) is 13.1. The van der Waals surface area contributed by atoms with Crippen molar-refractivity contribution in [2.24, 2.45) is 11.3 Å². The molecule has 0 aromatic heterocycles. The maximum Gasteiger partial charge on any atom is 0.0499 e. The van der Waals surface area contributed by atoms with Crippen molar-refractivity contribution >= 4 is 0 Å². The molecule has 1 aliphatic carbocycles. The predicted octanol–water partition coefficient (Wildman–Crippen LogP) is 2.20. The molecule has 1 heterocycles. The quantitative estimate of drug-likeness (QED) is 0.847. The van der Waals surface area contributed by atoms with Crippen molar-refractivity contribution in [3.63, 3.8) is 0 Å². The normalized spacial score (nSPS) is 38.5. The van der Waals surface area contributed by atoms with E-state index >= 15 is 0 Å². The zero-order valence-electron chi connectivity index (χ0n) is 13.1. The highest BCUT2D eigenvalue weighted by molar-refractivity contribution is 4.89. The van der Waals surface area contributed by atoms with Crippen molar-refractivity contribution in [2.75, 3.05) is 39.3 Å². The molecule has 1 saturated heterocycles. The Morgan fingerprint density at radius 1 is 1.16 bits per heavy atom. The molecule has 0 aromatic rings. The van der Waals surface area contributed by atoms with Crippen molar-refractivity contribution in [3.05, 3.63) is 0 Å². The van der Waals surface area contributed by atoms with E-state index in [1.165, 1.54) is 45.3 Å². The molecule has 1 atom stereocenters. The Bertz CT molecular complexity index is 274. The van der Waals surface area contributed by atoms with E-state index in [0.717, 1.165) is 19.0 Å². The van der Waals surface area contributed by atoms with Crippen molar-refractivity contribution < 1.29 is 5.11 Å². The molecule has 1 N–H and O–H groups in total. The number of hydrogen-bond donors (Lipinski definition) is 1. The Hall–Kier alpha value is -0.120. The van der Waals surface area contributed by atoms with Crippen molar-refractivity contribution in [1.82, 2.24) is 9.80 Å². The van der Waals surface area contributed by atoms with Gasteiger partial charge in [0.25, 0.3) is 0 Å². The Balaban J connectivity index is 1.89. The largest absolute Gasteiger partial charge is 0.396 e. The molecule has 0 spiro atoms. The number of nitrogens with zero attached hydrogens (tertiary/aromatic N) is 2. The summed E-state index contributed by atoms with van der Waals surface area (Å²) in [5, 5.41) is 9.89. The molecule has 2 aliphatic rings. The van der Waals surface area contributed by atoms with Crippen LogP contribution >= 0.6 is 0 Å². The van der Waals surface area contributed by atoms with Gasteiger partial charge in [-0.25, -0.2) is 0 Å². The lowest BCUT2D eigenvalue weighted by molar-refractivity contribution is 0.00154. The van der Waals surface area contributed by atoms with Gasteiger partial charge in [-0.3, -0.25) is 9.80 Å². The maximum absolute atomic E-state index is 9.89. The topological polar surface area (TPSA) is 26.7 Å². The molecule has 1 aliphatic heterocycles. The average Bonchev–Trinajstić information content (AvgIpc) is 2.42. The van der Waals surface area contributed by atoms with Crippen molar-refractivity contribution in [1.29, 1.82) is 0 Å². The third-order valence-corrected chi connectivity index (χ3v) is 5.48. The summed E-state index contributed by atoms with van der Waals surface area (Å²) in [6, 6.07) is 0.664. The SMILES string of the molecule is CCN1CCN(CC2(CO)CCC(C)CC2)CC1C. The van der Waals surface area contributed by atoms with Crippen LogP contribution < -0.4 is 0 Å². The monoisotopic (exact) mass is 268 g/mol. The first-order chi connectivity index (χ1) is 9.08. The minimum absolute atomic E-state index is 0.195. The maximum atomic E-state index is 9.89. The highest BCUT2D eigenvalue weighted by Crippen LogP contribution is 2.39. The van der Waals surface area contributed by atoms with Crippen LogP contribution in [0.5, 0.6) is 0 Å². The van der Waals surface area contributed by atoms with Gasteiger partial charge in [-0.2, -0.15) is 0 Å². The molecule has 1 saturated carbocycles. The van der Waals surface area contributed by atoms with Crippen LogP contribution in [0.15, 0.2) is 0 Å². The van der Waals surface area contributed by atoms with E-state index in [0.29, 0.717) is 12.6 Å². The average molecular weight is 268 g/mol. The van der Waals surface area contributed by atoms with Crippen LogP contribution in [0.4, 0.5) is 0 Å². The Labute approximate surface area is 119 Å². The lowest BCUT2D eigenvalue weighted by Crippen LogP contribution is -2.54. The standard InChI is InChI=1S/C16H32N2O/c1-4-18-10-9-17(11-15(18)3)12-16(13-19)7-5-14(2)6-8-16/h14-15,19H,4-13H2,1-3H3. The third kappa shape index (κ3) is 3.71. The van der Waals surface area contributed by atoms with Crippen LogP contribution in [-0.4, -0.2) is 60.3 Å². The molecule has 3 nitrogen and oxygen atoms in total. The zero-order chi connectivity index (χ0) is 13.9. The number of aliphatic hydroxyl groups is 1. The number of rotatable bonds is 4. The van der Waals surface area contributed by atoms with Gasteiger partial charge in [-0.1, -0.05) is 26.7 Å². The summed E-state index contributed by atoms with van der Waals surface area (Å²) in [5.74, 6) is 0.857. The summed E-state index contributed by atoms with van der Waals surface area (Å²) in [6.07, 6.45) is 5.02. The van der Waals surface area contributed by atoms with Gasteiger partial charge < -0.3 is 5.11 Å². The first kappa shape index (κ1) is 15.3. The van der Waals surface area contributed by atoms with E-state index in [1.54, 1.807) is 0 Å². The van der Waals surface area contributed by atoms with E-state index in [2.05, 4.69) is 30.6 Å². The third-order valence-electron chi connectivity index (χ3n) is 5.48. The summed E-state index contributed by atoms with van der Waals surface area (Å²) in [5.41, 5.74) is 0.195. The molecular formula is C16H32N2O. The molecule has 2 fully saturated rings. The second-order valence-electron chi connectivity index (χ2n) is 7.05. The van der Waals surface area contributed by atoms with Crippen LogP contribution in [-0.2, 0) is 0 Å². The van der Waals surface area contributed by atoms with Gasteiger partial charge in [0, 0.05) is 44.2 Å². The summed E-state index contributed by atoms with van der Waals surface area (Å²) in [7, 11) is 0. The van der Waals surface area contributed by atoms with Gasteiger partial charge in [-0.15, -0.1) is 0 Å². The zero-order valence-corrected chi connectivity index (χ0v) is 13.1. The van der Waals surface area contributed by atoms with Gasteiger partial charge in [0.15, 0.2) is 0 Å². The predicted molar refractivity (Wildman–Crippen MR) is 80.3 cm³/mol. The lowest BCUT2D eigenvalue weighted by Gasteiger charge is -2.46. The van der Waals surface area contributed by atoms with Crippen molar-refractivity contribution in [2.45, 2.75) is 52.5 Å².